The van der Waals surface area contributed by atoms with Crippen LogP contribution in [0, 0.1) is 12.3 Å². The highest BCUT2D eigenvalue weighted by Crippen LogP contribution is 2.32. The molecular weight excluding hydrogens is 369 g/mol. The smallest absolute Gasteiger partial charge is 0.335 e. The molecule has 0 saturated carbocycles. The fourth-order valence-electron chi connectivity index (χ4n) is 2.59. The summed E-state index contributed by atoms with van der Waals surface area (Å²) in [4.78, 5) is 16.7. The molecule has 1 amide bonds. The number of terminal acetylenes is 1. The van der Waals surface area contributed by atoms with E-state index in [1.807, 2.05) is 0 Å². The molecular formula is C20H17F3N4O. The first-order chi connectivity index (χ1) is 13.2. The second kappa shape index (κ2) is 7.00. The maximum absolute atomic E-state index is 13.6. The Morgan fingerprint density at radius 3 is 2.50 bits per heavy atom. The third kappa shape index (κ3) is 3.69. The van der Waals surface area contributed by atoms with Gasteiger partial charge in [0.1, 0.15) is 0 Å². The van der Waals surface area contributed by atoms with E-state index < -0.39 is 23.3 Å². The van der Waals surface area contributed by atoms with Crippen molar-refractivity contribution in [3.8, 4) is 23.6 Å². The Hall–Kier alpha value is -3.34. The number of fused-ring (bicyclic) bond motifs is 1. The molecule has 0 saturated heterocycles. The summed E-state index contributed by atoms with van der Waals surface area (Å²) in [7, 11) is 0. The number of nitrogens with zero attached hydrogens (tertiary/aromatic N) is 3. The van der Waals surface area contributed by atoms with E-state index >= 15 is 0 Å². The number of carbonyl (C=O) groups is 1. The summed E-state index contributed by atoms with van der Waals surface area (Å²) < 4.78 is 41.4. The number of hydrogen-bond acceptors (Lipinski definition) is 3. The van der Waals surface area contributed by atoms with Gasteiger partial charge < -0.3 is 5.32 Å². The van der Waals surface area contributed by atoms with Gasteiger partial charge in [-0.1, -0.05) is 43.2 Å². The number of amides is 1. The van der Waals surface area contributed by atoms with Gasteiger partial charge in [0.05, 0.1) is 11.2 Å². The summed E-state index contributed by atoms with van der Waals surface area (Å²) in [6.45, 7) is 3.44. The van der Waals surface area contributed by atoms with Gasteiger partial charge in [0, 0.05) is 11.6 Å². The lowest BCUT2D eigenvalue weighted by Crippen LogP contribution is -2.44. The van der Waals surface area contributed by atoms with Crippen molar-refractivity contribution in [2.45, 2.75) is 32.0 Å². The molecule has 2 heterocycles. The number of halogens is 3. The van der Waals surface area contributed by atoms with Crippen LogP contribution in [-0.2, 0) is 6.18 Å². The Morgan fingerprint density at radius 1 is 1.25 bits per heavy atom. The normalized spacial score (nSPS) is 13.7. The molecule has 1 unspecified atom stereocenters. The second-order valence-corrected chi connectivity index (χ2v) is 6.47. The zero-order valence-electron chi connectivity index (χ0n) is 15.2. The van der Waals surface area contributed by atoms with Gasteiger partial charge in [-0.25, -0.2) is 9.50 Å². The van der Waals surface area contributed by atoms with Gasteiger partial charge >= 0.3 is 6.18 Å². The predicted molar refractivity (Wildman–Crippen MR) is 98.4 cm³/mol. The summed E-state index contributed by atoms with van der Waals surface area (Å²) >= 11 is 0. The number of nitrogens with one attached hydrogen (secondary N) is 1. The molecule has 3 aromatic rings. The first-order valence-electron chi connectivity index (χ1n) is 8.50. The topological polar surface area (TPSA) is 59.3 Å². The molecule has 2 aromatic heterocycles. The van der Waals surface area contributed by atoms with Gasteiger partial charge in [-0.15, -0.1) is 6.42 Å². The van der Waals surface area contributed by atoms with Gasteiger partial charge in [-0.3, -0.25) is 4.79 Å². The predicted octanol–water partition coefficient (Wildman–Crippen LogP) is 3.95. The highest BCUT2D eigenvalue weighted by atomic mass is 19.4. The molecule has 5 nitrogen and oxygen atoms in total. The summed E-state index contributed by atoms with van der Waals surface area (Å²) in [5.41, 5.74) is -1.58. The van der Waals surface area contributed by atoms with Crippen molar-refractivity contribution in [3.05, 3.63) is 53.9 Å². The summed E-state index contributed by atoms with van der Waals surface area (Å²) in [6.07, 6.45) is 1.20. The van der Waals surface area contributed by atoms with Gasteiger partial charge in [-0.2, -0.15) is 18.3 Å². The van der Waals surface area contributed by atoms with Crippen molar-refractivity contribution < 1.29 is 18.0 Å². The van der Waals surface area contributed by atoms with Crippen LogP contribution in [-0.4, -0.2) is 26.0 Å². The van der Waals surface area contributed by atoms with E-state index in [4.69, 9.17) is 6.42 Å². The first-order valence-corrected chi connectivity index (χ1v) is 8.50. The molecule has 28 heavy (non-hydrogen) atoms. The fourth-order valence-corrected chi connectivity index (χ4v) is 2.59. The van der Waals surface area contributed by atoms with Gasteiger partial charge in [0.25, 0.3) is 5.91 Å². The highest BCUT2D eigenvalue weighted by molar-refractivity contribution is 5.94. The molecule has 0 aliphatic heterocycles. The zero-order chi connectivity index (χ0) is 20.5. The van der Waals surface area contributed by atoms with Gasteiger partial charge in [-0.05, 0) is 19.4 Å². The third-order valence-electron chi connectivity index (χ3n) is 4.43. The van der Waals surface area contributed by atoms with Crippen molar-refractivity contribution in [3.63, 3.8) is 0 Å². The SMILES string of the molecule is C#CC(C)(CC)NC(=O)c1cc2nc(-c3ccccc3)cc(C(F)(F)F)n2n1. The van der Waals surface area contributed by atoms with Crippen LogP contribution < -0.4 is 5.32 Å². The third-order valence-corrected chi connectivity index (χ3v) is 4.43. The minimum atomic E-state index is -4.68. The average molecular weight is 386 g/mol. The Morgan fingerprint density at radius 2 is 1.93 bits per heavy atom. The molecule has 0 spiro atoms. The molecule has 1 aromatic carbocycles. The molecule has 8 heteroatoms. The van der Waals surface area contributed by atoms with Crippen molar-refractivity contribution in [1.82, 2.24) is 19.9 Å². The maximum atomic E-state index is 13.6. The number of alkyl halides is 3. The quantitative estimate of drug-likeness (QED) is 0.691. The molecule has 0 aliphatic rings. The lowest BCUT2D eigenvalue weighted by molar-refractivity contribution is -0.142. The lowest BCUT2D eigenvalue weighted by atomic mass is 10.0. The summed E-state index contributed by atoms with van der Waals surface area (Å²) in [5, 5.41) is 6.43. The number of rotatable bonds is 4. The average Bonchev–Trinajstić information content (AvgIpc) is 3.11. The molecule has 0 fully saturated rings. The van der Waals surface area contributed by atoms with Crippen LogP contribution in [0.4, 0.5) is 13.2 Å². The van der Waals surface area contributed by atoms with Crippen LogP contribution in [0.5, 0.6) is 0 Å². The fraction of sp³-hybridized carbons (Fsp3) is 0.250. The lowest BCUT2D eigenvalue weighted by Gasteiger charge is -2.22. The minimum absolute atomic E-state index is 0.0854. The van der Waals surface area contributed by atoms with E-state index in [-0.39, 0.29) is 17.0 Å². The van der Waals surface area contributed by atoms with Crippen LogP contribution >= 0.6 is 0 Å². The number of benzene rings is 1. The van der Waals surface area contributed by atoms with Crippen LogP contribution in [0.25, 0.3) is 16.9 Å². The Bertz CT molecular complexity index is 1070. The van der Waals surface area contributed by atoms with E-state index in [2.05, 4.69) is 21.3 Å². The van der Waals surface area contributed by atoms with Crippen molar-refractivity contribution in [2.75, 3.05) is 0 Å². The minimum Gasteiger partial charge on any atom is -0.335 e. The molecule has 1 atom stereocenters. The number of hydrogen-bond donors (Lipinski definition) is 1. The number of aromatic nitrogens is 3. The van der Waals surface area contributed by atoms with Crippen molar-refractivity contribution >= 4 is 11.6 Å². The first kappa shape index (κ1) is 19.4. The molecule has 0 aliphatic carbocycles. The summed E-state index contributed by atoms with van der Waals surface area (Å²) in [6, 6.07) is 10.6. The maximum Gasteiger partial charge on any atom is 0.433 e. The Labute approximate surface area is 159 Å². The van der Waals surface area contributed by atoms with E-state index in [0.717, 1.165) is 6.07 Å². The van der Waals surface area contributed by atoms with E-state index in [0.29, 0.717) is 16.5 Å². The van der Waals surface area contributed by atoms with Crippen LogP contribution in [0.15, 0.2) is 42.5 Å². The van der Waals surface area contributed by atoms with Gasteiger partial charge in [0.15, 0.2) is 17.0 Å². The Kier molecular flexibility index (Phi) is 4.86. The molecule has 1 N–H and O–H groups in total. The van der Waals surface area contributed by atoms with Crippen LogP contribution in [0.2, 0.25) is 0 Å². The molecule has 0 bridgehead atoms. The largest absolute Gasteiger partial charge is 0.433 e. The van der Waals surface area contributed by atoms with E-state index in [1.54, 1.807) is 44.2 Å². The summed E-state index contributed by atoms with van der Waals surface area (Å²) in [5.74, 6) is 1.80. The van der Waals surface area contributed by atoms with Crippen LogP contribution in [0.1, 0.15) is 36.5 Å². The highest BCUT2D eigenvalue weighted by Gasteiger charge is 2.36. The monoisotopic (exact) mass is 386 g/mol. The zero-order valence-corrected chi connectivity index (χ0v) is 15.2. The van der Waals surface area contributed by atoms with Crippen molar-refractivity contribution in [2.24, 2.45) is 0 Å². The standard InChI is InChI=1S/C20H17F3N4O/c1-4-19(3,5-2)25-18(28)15-12-17-24-14(13-9-7-6-8-10-13)11-16(20(21,22)23)27(17)26-15/h1,6-12H,5H2,2-3H3,(H,25,28). The van der Waals surface area contributed by atoms with E-state index in [1.165, 1.54) is 6.07 Å². The van der Waals surface area contributed by atoms with Gasteiger partial charge in [0.2, 0.25) is 0 Å². The molecule has 144 valence electrons. The van der Waals surface area contributed by atoms with Crippen LogP contribution in [0.3, 0.4) is 0 Å². The molecule has 3 rings (SSSR count). The Balaban J connectivity index is 2.12. The number of carbonyl (C=O) groups excluding carboxylic acids is 1. The molecule has 0 radical (unpaired) electrons. The van der Waals surface area contributed by atoms with Crippen molar-refractivity contribution in [1.29, 1.82) is 0 Å². The van der Waals surface area contributed by atoms with E-state index in [9.17, 15) is 18.0 Å². The second-order valence-electron chi connectivity index (χ2n) is 6.47.